The standard InChI is InChI=1S/C14H20N4O.2ClH/c1-10(9-15-2)14(19)16-8-7-13-17-11-5-3-4-6-12(11)18-13;;/h3-6,10,15H,7-9H2,1-2H3,(H,16,19)(H,17,18);2*1H. The number of aromatic amines is 1. The first kappa shape index (κ1) is 19.7. The summed E-state index contributed by atoms with van der Waals surface area (Å²) in [6.07, 6.45) is 0.715. The van der Waals surface area contributed by atoms with Crippen molar-refractivity contribution >= 4 is 41.8 Å². The number of hydrogen-bond donors (Lipinski definition) is 3. The zero-order chi connectivity index (χ0) is 13.7. The molecule has 0 saturated heterocycles. The van der Waals surface area contributed by atoms with Crippen molar-refractivity contribution in [1.82, 2.24) is 20.6 Å². The lowest BCUT2D eigenvalue weighted by molar-refractivity contribution is -0.124. The van der Waals surface area contributed by atoms with Gasteiger partial charge in [-0.15, -0.1) is 24.8 Å². The van der Waals surface area contributed by atoms with Gasteiger partial charge >= 0.3 is 0 Å². The van der Waals surface area contributed by atoms with E-state index < -0.39 is 0 Å². The molecule has 1 aromatic carbocycles. The van der Waals surface area contributed by atoms with Gasteiger partial charge in [0.25, 0.3) is 0 Å². The summed E-state index contributed by atoms with van der Waals surface area (Å²) in [5.41, 5.74) is 2.00. The minimum atomic E-state index is -0.0133. The molecule has 0 fully saturated rings. The molecular formula is C14H22Cl2N4O. The molecule has 1 unspecified atom stereocenters. The Labute approximate surface area is 137 Å². The molecule has 0 spiro atoms. The highest BCUT2D eigenvalue weighted by atomic mass is 35.5. The molecule has 0 saturated carbocycles. The monoisotopic (exact) mass is 332 g/mol. The van der Waals surface area contributed by atoms with E-state index in [0.717, 1.165) is 16.9 Å². The number of nitrogens with zero attached hydrogens (tertiary/aromatic N) is 1. The number of rotatable bonds is 6. The molecule has 1 heterocycles. The van der Waals surface area contributed by atoms with Crippen molar-refractivity contribution in [2.24, 2.45) is 5.92 Å². The van der Waals surface area contributed by atoms with Crippen LogP contribution in [0.5, 0.6) is 0 Å². The van der Waals surface area contributed by atoms with Crippen LogP contribution in [-0.4, -0.2) is 36.0 Å². The summed E-state index contributed by atoms with van der Waals surface area (Å²) in [6.45, 7) is 3.20. The van der Waals surface area contributed by atoms with Crippen LogP contribution in [0, 0.1) is 5.92 Å². The molecule has 118 valence electrons. The van der Waals surface area contributed by atoms with Gasteiger partial charge in [-0.3, -0.25) is 4.79 Å². The number of aromatic nitrogens is 2. The molecule has 0 aliphatic heterocycles. The highest BCUT2D eigenvalue weighted by Gasteiger charge is 2.11. The topological polar surface area (TPSA) is 69.8 Å². The lowest BCUT2D eigenvalue weighted by Gasteiger charge is -2.10. The van der Waals surface area contributed by atoms with Crippen LogP contribution in [0.1, 0.15) is 12.7 Å². The second-order valence-electron chi connectivity index (χ2n) is 4.70. The van der Waals surface area contributed by atoms with Crippen LogP contribution in [0.4, 0.5) is 0 Å². The Morgan fingerprint density at radius 2 is 2.05 bits per heavy atom. The Kier molecular flexibility index (Phi) is 9.01. The Balaban J connectivity index is 0.00000200. The Hall–Kier alpha value is -1.30. The molecule has 21 heavy (non-hydrogen) atoms. The van der Waals surface area contributed by atoms with Gasteiger partial charge in [-0.25, -0.2) is 4.98 Å². The highest BCUT2D eigenvalue weighted by molar-refractivity contribution is 5.85. The first-order chi connectivity index (χ1) is 9.20. The second-order valence-corrected chi connectivity index (χ2v) is 4.70. The summed E-state index contributed by atoms with van der Waals surface area (Å²) in [5, 5.41) is 5.92. The van der Waals surface area contributed by atoms with Gasteiger partial charge < -0.3 is 15.6 Å². The molecule has 7 heteroatoms. The van der Waals surface area contributed by atoms with Crippen molar-refractivity contribution < 1.29 is 4.79 Å². The van der Waals surface area contributed by atoms with Crippen LogP contribution in [0.3, 0.4) is 0 Å². The number of halogens is 2. The smallest absolute Gasteiger partial charge is 0.224 e. The van der Waals surface area contributed by atoms with E-state index in [9.17, 15) is 4.79 Å². The number of fused-ring (bicyclic) bond motifs is 1. The van der Waals surface area contributed by atoms with Crippen molar-refractivity contribution in [2.45, 2.75) is 13.3 Å². The number of nitrogens with one attached hydrogen (secondary N) is 3. The van der Waals surface area contributed by atoms with Gasteiger partial charge in [0.15, 0.2) is 0 Å². The van der Waals surface area contributed by atoms with Crippen LogP contribution >= 0.6 is 24.8 Å². The first-order valence-electron chi connectivity index (χ1n) is 6.56. The van der Waals surface area contributed by atoms with Gasteiger partial charge in [-0.05, 0) is 19.2 Å². The molecule has 2 aromatic rings. The van der Waals surface area contributed by atoms with Crippen LogP contribution in [-0.2, 0) is 11.2 Å². The van der Waals surface area contributed by atoms with Crippen LogP contribution < -0.4 is 10.6 Å². The Bertz CT molecular complexity index is 526. The molecule has 2 rings (SSSR count). The Morgan fingerprint density at radius 1 is 1.33 bits per heavy atom. The number of para-hydroxylation sites is 2. The summed E-state index contributed by atoms with van der Waals surface area (Å²) in [7, 11) is 1.85. The van der Waals surface area contributed by atoms with Crippen LogP contribution in [0.2, 0.25) is 0 Å². The lowest BCUT2D eigenvalue weighted by atomic mass is 10.1. The number of amides is 1. The number of carbonyl (C=O) groups excluding carboxylic acids is 1. The fourth-order valence-electron chi connectivity index (χ4n) is 2.00. The van der Waals surface area contributed by atoms with Crippen molar-refractivity contribution in [3.8, 4) is 0 Å². The van der Waals surface area contributed by atoms with E-state index in [-0.39, 0.29) is 36.6 Å². The van der Waals surface area contributed by atoms with Crippen molar-refractivity contribution in [3.63, 3.8) is 0 Å². The van der Waals surface area contributed by atoms with E-state index in [1.807, 2.05) is 38.2 Å². The number of H-pyrrole nitrogens is 1. The van der Waals surface area contributed by atoms with E-state index in [1.54, 1.807) is 0 Å². The summed E-state index contributed by atoms with van der Waals surface area (Å²) < 4.78 is 0. The molecule has 1 atom stereocenters. The maximum absolute atomic E-state index is 11.7. The Morgan fingerprint density at radius 3 is 2.71 bits per heavy atom. The second kappa shape index (κ2) is 9.60. The number of benzene rings is 1. The molecule has 1 aromatic heterocycles. The molecule has 0 aliphatic rings. The minimum Gasteiger partial charge on any atom is -0.355 e. The lowest BCUT2D eigenvalue weighted by Crippen LogP contribution is -2.35. The summed E-state index contributed by atoms with van der Waals surface area (Å²) in [5.74, 6) is 0.967. The quantitative estimate of drug-likeness (QED) is 0.756. The van der Waals surface area contributed by atoms with E-state index >= 15 is 0 Å². The molecule has 1 amide bonds. The van der Waals surface area contributed by atoms with Crippen LogP contribution in [0.25, 0.3) is 11.0 Å². The van der Waals surface area contributed by atoms with Gasteiger partial charge in [-0.1, -0.05) is 19.1 Å². The molecule has 0 radical (unpaired) electrons. The fourth-order valence-corrected chi connectivity index (χ4v) is 2.00. The van der Waals surface area contributed by atoms with Gasteiger partial charge in [0.2, 0.25) is 5.91 Å². The molecule has 3 N–H and O–H groups in total. The third-order valence-corrected chi connectivity index (χ3v) is 3.06. The fraction of sp³-hybridized carbons (Fsp3) is 0.429. The van der Waals surface area contributed by atoms with Crippen molar-refractivity contribution in [2.75, 3.05) is 20.1 Å². The number of hydrogen-bond acceptors (Lipinski definition) is 3. The summed E-state index contributed by atoms with van der Waals surface area (Å²) in [4.78, 5) is 19.4. The van der Waals surface area contributed by atoms with Gasteiger partial charge in [-0.2, -0.15) is 0 Å². The normalized spacial score (nSPS) is 11.3. The summed E-state index contributed by atoms with van der Waals surface area (Å²) >= 11 is 0. The SMILES string of the molecule is CNCC(C)C(=O)NCCc1nc2ccccc2[nH]1.Cl.Cl. The predicted octanol–water partition coefficient (Wildman–Crippen LogP) is 1.92. The number of imidazole rings is 1. The van der Waals surface area contributed by atoms with Gasteiger partial charge in [0, 0.05) is 25.4 Å². The van der Waals surface area contributed by atoms with E-state index in [4.69, 9.17) is 0 Å². The zero-order valence-electron chi connectivity index (χ0n) is 12.2. The van der Waals surface area contributed by atoms with E-state index in [0.29, 0.717) is 19.5 Å². The van der Waals surface area contributed by atoms with Gasteiger partial charge in [0.1, 0.15) is 5.82 Å². The van der Waals surface area contributed by atoms with Gasteiger partial charge in [0.05, 0.1) is 11.0 Å². The molecule has 0 bridgehead atoms. The first-order valence-corrected chi connectivity index (χ1v) is 6.56. The number of carbonyl (C=O) groups is 1. The average Bonchev–Trinajstić information content (AvgIpc) is 2.81. The van der Waals surface area contributed by atoms with E-state index in [2.05, 4.69) is 20.6 Å². The molecular weight excluding hydrogens is 311 g/mol. The van der Waals surface area contributed by atoms with Crippen LogP contribution in [0.15, 0.2) is 24.3 Å². The zero-order valence-corrected chi connectivity index (χ0v) is 13.8. The largest absolute Gasteiger partial charge is 0.355 e. The van der Waals surface area contributed by atoms with Crippen molar-refractivity contribution in [3.05, 3.63) is 30.1 Å². The minimum absolute atomic E-state index is 0. The van der Waals surface area contributed by atoms with E-state index in [1.165, 1.54) is 0 Å². The predicted molar refractivity (Wildman–Crippen MR) is 90.4 cm³/mol. The maximum Gasteiger partial charge on any atom is 0.224 e. The molecule has 5 nitrogen and oxygen atoms in total. The summed E-state index contributed by atoms with van der Waals surface area (Å²) in [6, 6.07) is 7.92. The highest BCUT2D eigenvalue weighted by Crippen LogP contribution is 2.10. The third-order valence-electron chi connectivity index (χ3n) is 3.06. The maximum atomic E-state index is 11.7. The third kappa shape index (κ3) is 5.53. The molecule has 0 aliphatic carbocycles. The average molecular weight is 333 g/mol. The van der Waals surface area contributed by atoms with Crippen molar-refractivity contribution in [1.29, 1.82) is 0 Å².